The van der Waals surface area contributed by atoms with Gasteiger partial charge in [-0.15, -0.1) is 0 Å². The molecule has 0 saturated heterocycles. The van der Waals surface area contributed by atoms with Crippen molar-refractivity contribution in [3.63, 3.8) is 0 Å². The lowest BCUT2D eigenvalue weighted by molar-refractivity contribution is 0.0691. The first-order chi connectivity index (χ1) is 13.3. The average Bonchev–Trinajstić information content (AvgIpc) is 3.08. The normalized spacial score (nSPS) is 11.4. The van der Waals surface area contributed by atoms with Gasteiger partial charge in [0.15, 0.2) is 0 Å². The fourth-order valence-electron chi connectivity index (χ4n) is 3.46. The molecule has 0 aliphatic heterocycles. The molecule has 2 heterocycles. The lowest BCUT2D eigenvalue weighted by atomic mass is 10.0. The molecule has 0 unspecified atom stereocenters. The Labute approximate surface area is 172 Å². The van der Waals surface area contributed by atoms with E-state index in [0.717, 1.165) is 39.5 Å². The molecule has 0 aliphatic carbocycles. The Morgan fingerprint density at radius 3 is 2.71 bits per heavy atom. The van der Waals surface area contributed by atoms with Crippen LogP contribution in [0, 0.1) is 6.92 Å². The van der Waals surface area contributed by atoms with Crippen molar-refractivity contribution in [2.75, 3.05) is 0 Å². The Kier molecular flexibility index (Phi) is 6.03. The summed E-state index contributed by atoms with van der Waals surface area (Å²) in [5.41, 5.74) is 3.74. The van der Waals surface area contributed by atoms with Crippen LogP contribution in [0.5, 0.6) is 0 Å². The van der Waals surface area contributed by atoms with Crippen LogP contribution in [0.3, 0.4) is 0 Å². The molecular weight excluding hydrogens is 420 g/mol. The fraction of sp³-hybridized carbons (Fsp3) is 0.381. The van der Waals surface area contributed by atoms with E-state index in [1.807, 2.05) is 39.0 Å². The van der Waals surface area contributed by atoms with Gasteiger partial charge in [-0.2, -0.15) is 5.10 Å². The maximum atomic E-state index is 13.5. The SMILES string of the molecule is CCCc1cc(C)[nH]c(=O)c1CN(C(=O)c1cc(Br)cc2[nH]ncc12)C(C)C. The standard InChI is InChI=1S/C21H25BrN4O2/c1-5-6-14-7-13(4)24-20(27)18(14)11-26(12(2)3)21(28)16-8-15(22)9-19-17(16)10-23-25-19/h7-10,12H,5-6,11H2,1-4H3,(H,23,25)(H,24,27). The van der Waals surface area contributed by atoms with E-state index in [1.54, 1.807) is 11.1 Å². The Balaban J connectivity index is 2.05. The van der Waals surface area contributed by atoms with Gasteiger partial charge < -0.3 is 9.88 Å². The molecule has 3 rings (SSSR count). The summed E-state index contributed by atoms with van der Waals surface area (Å²) in [5.74, 6) is -0.120. The number of pyridine rings is 1. The lowest BCUT2D eigenvalue weighted by Crippen LogP contribution is -2.38. The molecule has 0 atom stereocenters. The zero-order chi connectivity index (χ0) is 20.4. The van der Waals surface area contributed by atoms with Crippen LogP contribution in [0.4, 0.5) is 0 Å². The van der Waals surface area contributed by atoms with E-state index >= 15 is 0 Å². The smallest absolute Gasteiger partial charge is 0.255 e. The van der Waals surface area contributed by atoms with Crippen molar-refractivity contribution in [3.8, 4) is 0 Å². The second-order valence-electron chi connectivity index (χ2n) is 7.35. The van der Waals surface area contributed by atoms with Crippen LogP contribution in [0.25, 0.3) is 10.9 Å². The highest BCUT2D eigenvalue weighted by Crippen LogP contribution is 2.25. The Bertz CT molecular complexity index is 1070. The Morgan fingerprint density at radius 1 is 1.29 bits per heavy atom. The largest absolute Gasteiger partial charge is 0.332 e. The van der Waals surface area contributed by atoms with Gasteiger partial charge in [-0.3, -0.25) is 14.7 Å². The van der Waals surface area contributed by atoms with Crippen molar-refractivity contribution in [1.82, 2.24) is 20.1 Å². The summed E-state index contributed by atoms with van der Waals surface area (Å²) < 4.78 is 0.802. The predicted octanol–water partition coefficient (Wildman–Crippen LogP) is 4.33. The van der Waals surface area contributed by atoms with E-state index in [0.29, 0.717) is 11.1 Å². The summed E-state index contributed by atoms with van der Waals surface area (Å²) in [6.45, 7) is 8.16. The van der Waals surface area contributed by atoms with E-state index in [1.165, 1.54) is 0 Å². The lowest BCUT2D eigenvalue weighted by Gasteiger charge is -2.28. The van der Waals surface area contributed by atoms with E-state index in [-0.39, 0.29) is 24.1 Å². The average molecular weight is 445 g/mol. The minimum absolute atomic E-state index is 0.0661. The van der Waals surface area contributed by atoms with Gasteiger partial charge in [0, 0.05) is 27.2 Å². The number of H-pyrrole nitrogens is 2. The van der Waals surface area contributed by atoms with Crippen molar-refractivity contribution < 1.29 is 4.79 Å². The number of amides is 1. The number of carbonyl (C=O) groups is 1. The number of aromatic nitrogens is 3. The number of aromatic amines is 2. The Hall–Kier alpha value is -2.41. The van der Waals surface area contributed by atoms with Crippen LogP contribution in [0.15, 0.2) is 33.7 Å². The minimum atomic E-state index is -0.121. The number of aryl methyl sites for hydroxylation is 2. The van der Waals surface area contributed by atoms with Crippen molar-refractivity contribution in [3.05, 3.63) is 61.6 Å². The van der Waals surface area contributed by atoms with Crippen LogP contribution in [-0.4, -0.2) is 32.0 Å². The molecule has 7 heteroatoms. The van der Waals surface area contributed by atoms with Gasteiger partial charge in [0.1, 0.15) is 0 Å². The van der Waals surface area contributed by atoms with Crippen LogP contribution >= 0.6 is 15.9 Å². The third-order valence-corrected chi connectivity index (χ3v) is 5.31. The number of benzene rings is 1. The van der Waals surface area contributed by atoms with Crippen molar-refractivity contribution in [2.24, 2.45) is 0 Å². The molecule has 0 radical (unpaired) electrons. The van der Waals surface area contributed by atoms with Gasteiger partial charge in [0.05, 0.1) is 23.8 Å². The van der Waals surface area contributed by atoms with Gasteiger partial charge >= 0.3 is 0 Å². The first kappa shape index (κ1) is 20.3. The molecule has 2 N–H and O–H groups in total. The molecule has 0 spiro atoms. The maximum Gasteiger partial charge on any atom is 0.255 e. The zero-order valence-electron chi connectivity index (χ0n) is 16.6. The summed E-state index contributed by atoms with van der Waals surface area (Å²) in [4.78, 5) is 30.7. The van der Waals surface area contributed by atoms with Gasteiger partial charge in [0.2, 0.25) is 0 Å². The quantitative estimate of drug-likeness (QED) is 0.593. The van der Waals surface area contributed by atoms with Crippen molar-refractivity contribution >= 4 is 32.7 Å². The molecule has 28 heavy (non-hydrogen) atoms. The van der Waals surface area contributed by atoms with Crippen LogP contribution < -0.4 is 5.56 Å². The number of nitrogens with one attached hydrogen (secondary N) is 2. The monoisotopic (exact) mass is 444 g/mol. The van der Waals surface area contributed by atoms with Gasteiger partial charge in [-0.1, -0.05) is 29.3 Å². The summed E-state index contributed by atoms with van der Waals surface area (Å²) in [5, 5.41) is 7.74. The van der Waals surface area contributed by atoms with E-state index in [9.17, 15) is 9.59 Å². The second-order valence-corrected chi connectivity index (χ2v) is 8.26. The number of carbonyl (C=O) groups excluding carboxylic acids is 1. The van der Waals surface area contributed by atoms with E-state index in [2.05, 4.69) is 38.0 Å². The molecule has 6 nitrogen and oxygen atoms in total. The first-order valence-electron chi connectivity index (χ1n) is 9.47. The maximum absolute atomic E-state index is 13.5. The number of nitrogens with zero attached hydrogens (tertiary/aromatic N) is 2. The van der Waals surface area contributed by atoms with Crippen LogP contribution in [0.1, 0.15) is 54.4 Å². The second kappa shape index (κ2) is 8.31. The van der Waals surface area contributed by atoms with Crippen LogP contribution in [0.2, 0.25) is 0 Å². The molecule has 1 amide bonds. The van der Waals surface area contributed by atoms with Gasteiger partial charge in [0.25, 0.3) is 11.5 Å². The molecule has 148 valence electrons. The van der Waals surface area contributed by atoms with E-state index < -0.39 is 0 Å². The highest BCUT2D eigenvalue weighted by atomic mass is 79.9. The summed E-state index contributed by atoms with van der Waals surface area (Å²) >= 11 is 3.47. The number of hydrogen-bond acceptors (Lipinski definition) is 3. The van der Waals surface area contributed by atoms with Crippen molar-refractivity contribution in [1.29, 1.82) is 0 Å². The molecule has 0 aliphatic rings. The number of halogens is 1. The number of rotatable bonds is 6. The summed E-state index contributed by atoms with van der Waals surface area (Å²) in [6, 6.07) is 5.64. The molecular formula is C21H25BrN4O2. The molecule has 0 saturated carbocycles. The van der Waals surface area contributed by atoms with Gasteiger partial charge in [-0.25, -0.2) is 0 Å². The Morgan fingerprint density at radius 2 is 2.04 bits per heavy atom. The summed E-state index contributed by atoms with van der Waals surface area (Å²) in [6.07, 6.45) is 3.41. The topological polar surface area (TPSA) is 81.9 Å². The van der Waals surface area contributed by atoms with Gasteiger partial charge in [-0.05, 0) is 51.0 Å². The van der Waals surface area contributed by atoms with Crippen molar-refractivity contribution in [2.45, 2.75) is 53.1 Å². The molecule has 0 fully saturated rings. The number of fused-ring (bicyclic) bond motifs is 1. The minimum Gasteiger partial charge on any atom is -0.332 e. The molecule has 3 aromatic rings. The highest BCUT2D eigenvalue weighted by molar-refractivity contribution is 9.10. The summed E-state index contributed by atoms with van der Waals surface area (Å²) in [7, 11) is 0. The number of hydrogen-bond donors (Lipinski definition) is 2. The third kappa shape index (κ3) is 4.04. The fourth-order valence-corrected chi connectivity index (χ4v) is 3.92. The van der Waals surface area contributed by atoms with Crippen LogP contribution in [-0.2, 0) is 13.0 Å². The zero-order valence-corrected chi connectivity index (χ0v) is 18.2. The highest BCUT2D eigenvalue weighted by Gasteiger charge is 2.24. The van der Waals surface area contributed by atoms with E-state index in [4.69, 9.17) is 0 Å². The molecule has 2 aromatic heterocycles. The molecule has 0 bridgehead atoms. The predicted molar refractivity (Wildman–Crippen MR) is 115 cm³/mol. The third-order valence-electron chi connectivity index (χ3n) is 4.85. The first-order valence-corrected chi connectivity index (χ1v) is 10.3. The molecule has 1 aromatic carbocycles.